The molecule has 0 aliphatic rings. The molecule has 0 aliphatic heterocycles. The van der Waals surface area contributed by atoms with Crippen LogP contribution >= 0.6 is 0 Å². The van der Waals surface area contributed by atoms with Crippen LogP contribution < -0.4 is 23.7 Å². The number of carbonyl (C=O) groups excluding carboxylic acids is 1. The average Bonchev–Trinajstić information content (AvgIpc) is 2.65. The minimum Gasteiger partial charge on any atom is -0.502 e. The minimum absolute atomic E-state index is 0.0260. The van der Waals surface area contributed by atoms with Crippen LogP contribution in [-0.4, -0.2) is 46.4 Å². The van der Waals surface area contributed by atoms with E-state index in [1.54, 1.807) is 0 Å². The van der Waals surface area contributed by atoms with Crippen molar-refractivity contribution < 1.29 is 33.6 Å². The molecule has 0 saturated heterocycles. The number of phenols is 1. The Morgan fingerprint density at radius 2 is 1.28 bits per heavy atom. The Kier molecular flexibility index (Phi) is 5.59. The number of benzene rings is 2. The summed E-state index contributed by atoms with van der Waals surface area (Å²) in [7, 11) is 7.18. The van der Waals surface area contributed by atoms with E-state index in [-0.39, 0.29) is 34.2 Å². The Hall–Kier alpha value is -3.09. The second-order valence-corrected chi connectivity index (χ2v) is 4.94. The molecule has 7 nitrogen and oxygen atoms in total. The zero-order valence-electron chi connectivity index (χ0n) is 14.7. The molecule has 25 heavy (non-hydrogen) atoms. The average molecular weight is 348 g/mol. The molecule has 0 radical (unpaired) electrons. The summed E-state index contributed by atoms with van der Waals surface area (Å²) < 4.78 is 26.0. The molecule has 2 aromatic carbocycles. The Labute approximate surface area is 145 Å². The Morgan fingerprint density at radius 3 is 1.72 bits per heavy atom. The molecular formula is C18H20O7. The highest BCUT2D eigenvalue weighted by Gasteiger charge is 2.23. The molecule has 0 heterocycles. The lowest BCUT2D eigenvalue weighted by molar-refractivity contribution is 0.103. The van der Waals surface area contributed by atoms with E-state index in [4.69, 9.17) is 23.7 Å². The molecule has 0 atom stereocenters. The largest absolute Gasteiger partial charge is 0.502 e. The smallest absolute Gasteiger partial charge is 0.203 e. The SMILES string of the molecule is COc1ccc(C(=O)c2cc(OC)c(OC)c(OC)c2)c(OC)c1O. The van der Waals surface area contributed by atoms with Gasteiger partial charge in [0.1, 0.15) is 0 Å². The Bertz CT molecular complexity index is 758. The van der Waals surface area contributed by atoms with Gasteiger partial charge in [-0.3, -0.25) is 4.79 Å². The summed E-state index contributed by atoms with van der Waals surface area (Å²) in [5.74, 6) is 0.684. The molecule has 0 aromatic heterocycles. The second kappa shape index (κ2) is 7.65. The zero-order valence-corrected chi connectivity index (χ0v) is 14.7. The van der Waals surface area contributed by atoms with Gasteiger partial charge in [0.05, 0.1) is 41.1 Å². The van der Waals surface area contributed by atoms with Crippen molar-refractivity contribution in [3.05, 3.63) is 35.4 Å². The maximum Gasteiger partial charge on any atom is 0.203 e. The number of ether oxygens (including phenoxy) is 5. The van der Waals surface area contributed by atoms with Gasteiger partial charge >= 0.3 is 0 Å². The molecule has 0 aliphatic carbocycles. The van der Waals surface area contributed by atoms with Gasteiger partial charge in [0.25, 0.3) is 0 Å². The van der Waals surface area contributed by atoms with Crippen molar-refractivity contribution in [3.8, 4) is 34.5 Å². The number of methoxy groups -OCH3 is 5. The zero-order chi connectivity index (χ0) is 18.6. The summed E-state index contributed by atoms with van der Waals surface area (Å²) >= 11 is 0. The van der Waals surface area contributed by atoms with Gasteiger partial charge in [-0.25, -0.2) is 0 Å². The van der Waals surface area contributed by atoms with Crippen LogP contribution in [0.15, 0.2) is 24.3 Å². The lowest BCUT2D eigenvalue weighted by Gasteiger charge is -2.15. The van der Waals surface area contributed by atoms with Crippen LogP contribution in [0.1, 0.15) is 15.9 Å². The highest BCUT2D eigenvalue weighted by atomic mass is 16.5. The van der Waals surface area contributed by atoms with E-state index in [0.717, 1.165) is 0 Å². The summed E-state index contributed by atoms with van der Waals surface area (Å²) in [5.41, 5.74) is 0.465. The van der Waals surface area contributed by atoms with Gasteiger partial charge in [-0.05, 0) is 24.3 Å². The molecule has 0 saturated carbocycles. The quantitative estimate of drug-likeness (QED) is 0.770. The molecule has 2 aromatic rings. The van der Waals surface area contributed by atoms with Crippen LogP contribution in [-0.2, 0) is 0 Å². The topological polar surface area (TPSA) is 83.5 Å². The van der Waals surface area contributed by atoms with E-state index in [1.807, 2.05) is 0 Å². The fourth-order valence-electron chi connectivity index (χ4n) is 2.47. The fraction of sp³-hybridized carbons (Fsp3) is 0.278. The van der Waals surface area contributed by atoms with Crippen LogP contribution in [0.4, 0.5) is 0 Å². The Morgan fingerprint density at radius 1 is 0.760 bits per heavy atom. The Balaban J connectivity index is 2.60. The highest BCUT2D eigenvalue weighted by molar-refractivity contribution is 6.12. The number of phenolic OH excluding ortho intramolecular Hbond substituents is 1. The number of ketones is 1. The van der Waals surface area contributed by atoms with Crippen LogP contribution in [0.2, 0.25) is 0 Å². The second-order valence-electron chi connectivity index (χ2n) is 4.94. The molecule has 0 bridgehead atoms. The first-order valence-corrected chi connectivity index (χ1v) is 7.30. The predicted molar refractivity (Wildman–Crippen MR) is 90.7 cm³/mol. The van der Waals surface area contributed by atoms with E-state index < -0.39 is 0 Å². The van der Waals surface area contributed by atoms with Gasteiger partial charge in [0, 0.05) is 5.56 Å². The van der Waals surface area contributed by atoms with Crippen molar-refractivity contribution in [2.45, 2.75) is 0 Å². The van der Waals surface area contributed by atoms with Gasteiger partial charge in [-0.15, -0.1) is 0 Å². The first kappa shape index (κ1) is 18.3. The van der Waals surface area contributed by atoms with E-state index in [2.05, 4.69) is 0 Å². The monoisotopic (exact) mass is 348 g/mol. The van der Waals surface area contributed by atoms with Crippen molar-refractivity contribution in [3.63, 3.8) is 0 Å². The van der Waals surface area contributed by atoms with Gasteiger partial charge in [-0.2, -0.15) is 0 Å². The lowest BCUT2D eigenvalue weighted by atomic mass is 10.0. The molecule has 0 unspecified atom stereocenters. The van der Waals surface area contributed by atoms with Crippen molar-refractivity contribution in [1.29, 1.82) is 0 Å². The third-order valence-corrected chi connectivity index (χ3v) is 3.69. The number of rotatable bonds is 7. The van der Waals surface area contributed by atoms with E-state index in [1.165, 1.54) is 59.8 Å². The summed E-state index contributed by atoms with van der Waals surface area (Å²) in [6.45, 7) is 0. The van der Waals surface area contributed by atoms with Gasteiger partial charge < -0.3 is 28.8 Å². The molecule has 0 spiro atoms. The third-order valence-electron chi connectivity index (χ3n) is 3.69. The molecule has 2 rings (SSSR count). The van der Waals surface area contributed by atoms with E-state index in [0.29, 0.717) is 17.2 Å². The van der Waals surface area contributed by atoms with Gasteiger partial charge in [0.15, 0.2) is 28.8 Å². The first-order valence-electron chi connectivity index (χ1n) is 7.30. The fourth-order valence-corrected chi connectivity index (χ4v) is 2.47. The highest BCUT2D eigenvalue weighted by Crippen LogP contribution is 2.42. The van der Waals surface area contributed by atoms with Gasteiger partial charge in [0.2, 0.25) is 11.5 Å². The summed E-state index contributed by atoms with van der Waals surface area (Å²) in [5, 5.41) is 10.2. The van der Waals surface area contributed by atoms with Crippen molar-refractivity contribution in [2.75, 3.05) is 35.5 Å². The lowest BCUT2D eigenvalue weighted by Crippen LogP contribution is -2.06. The van der Waals surface area contributed by atoms with Crippen molar-refractivity contribution in [1.82, 2.24) is 0 Å². The molecule has 134 valence electrons. The molecule has 1 N–H and O–H groups in total. The van der Waals surface area contributed by atoms with Crippen LogP contribution in [0.5, 0.6) is 34.5 Å². The van der Waals surface area contributed by atoms with Crippen LogP contribution in [0.3, 0.4) is 0 Å². The maximum absolute atomic E-state index is 12.9. The van der Waals surface area contributed by atoms with Crippen LogP contribution in [0.25, 0.3) is 0 Å². The molecule has 0 fully saturated rings. The van der Waals surface area contributed by atoms with Crippen molar-refractivity contribution in [2.24, 2.45) is 0 Å². The third kappa shape index (κ3) is 3.26. The summed E-state index contributed by atoms with van der Waals surface area (Å²) in [6.07, 6.45) is 0. The normalized spacial score (nSPS) is 10.1. The van der Waals surface area contributed by atoms with E-state index >= 15 is 0 Å². The minimum atomic E-state index is -0.381. The first-order chi connectivity index (χ1) is 12.0. The van der Waals surface area contributed by atoms with Crippen molar-refractivity contribution >= 4 is 5.78 Å². The predicted octanol–water partition coefficient (Wildman–Crippen LogP) is 2.67. The molecular weight excluding hydrogens is 328 g/mol. The summed E-state index contributed by atoms with van der Waals surface area (Å²) in [4.78, 5) is 12.9. The number of carbonyl (C=O) groups is 1. The number of aromatic hydroxyl groups is 1. The van der Waals surface area contributed by atoms with E-state index in [9.17, 15) is 9.90 Å². The standard InChI is InChI=1S/C18H20O7/c1-21-12-7-6-11(17(24-4)16(12)20)15(19)10-8-13(22-2)18(25-5)14(9-10)23-3/h6-9,20H,1-5H3. The number of hydrogen-bond acceptors (Lipinski definition) is 7. The molecule has 0 amide bonds. The summed E-state index contributed by atoms with van der Waals surface area (Å²) in [6, 6.07) is 6.07. The molecule has 7 heteroatoms. The maximum atomic E-state index is 12.9. The number of hydrogen-bond donors (Lipinski definition) is 1. The van der Waals surface area contributed by atoms with Crippen LogP contribution in [0, 0.1) is 0 Å². The van der Waals surface area contributed by atoms with Gasteiger partial charge in [-0.1, -0.05) is 0 Å².